The van der Waals surface area contributed by atoms with Crippen molar-refractivity contribution in [3.05, 3.63) is 57.9 Å². The van der Waals surface area contributed by atoms with E-state index in [-0.39, 0.29) is 23.0 Å². The number of nitrogens with one attached hydrogen (secondary N) is 1. The molecule has 0 aliphatic carbocycles. The highest BCUT2D eigenvalue weighted by molar-refractivity contribution is 6.29. The van der Waals surface area contributed by atoms with Gasteiger partial charge >= 0.3 is 12.1 Å². The molecule has 0 fully saturated rings. The van der Waals surface area contributed by atoms with Crippen molar-refractivity contribution in [3.8, 4) is 0 Å². The minimum absolute atomic E-state index is 0.0107. The number of esters is 1. The minimum Gasteiger partial charge on any atom is -0.464 e. The second-order valence-electron chi connectivity index (χ2n) is 4.97. The Bertz CT molecular complexity index is 763. The maximum Gasteiger partial charge on any atom is 0.416 e. The average Bonchev–Trinajstić information content (AvgIpc) is 2.54. The van der Waals surface area contributed by atoms with Gasteiger partial charge in [-0.25, -0.2) is 9.78 Å². The van der Waals surface area contributed by atoms with Crippen molar-refractivity contribution < 1.29 is 22.7 Å². The highest BCUT2D eigenvalue weighted by Crippen LogP contribution is 2.32. The summed E-state index contributed by atoms with van der Waals surface area (Å²) in [7, 11) is 1.21. The SMILES string of the molecule is COC(=O)c1nc(Cl)cc(NCc2ccccc2C(F)(F)F)c1C. The standard InChI is InChI=1S/C16H14ClF3N2O2/c1-9-12(7-13(17)22-14(9)15(23)24-2)21-8-10-5-3-4-6-11(10)16(18,19)20/h3-7H,8H2,1-2H3,(H,21,22). The van der Waals surface area contributed by atoms with E-state index >= 15 is 0 Å². The molecule has 0 spiro atoms. The lowest BCUT2D eigenvalue weighted by Crippen LogP contribution is -2.13. The quantitative estimate of drug-likeness (QED) is 0.647. The molecular formula is C16H14ClF3N2O2. The van der Waals surface area contributed by atoms with Crippen LogP contribution in [0.15, 0.2) is 30.3 Å². The molecular weight excluding hydrogens is 345 g/mol. The number of hydrogen-bond acceptors (Lipinski definition) is 4. The Hall–Kier alpha value is -2.28. The Kier molecular flexibility index (Phi) is 5.33. The Morgan fingerprint density at radius 3 is 2.62 bits per heavy atom. The molecule has 1 aromatic heterocycles. The van der Waals surface area contributed by atoms with E-state index in [1.807, 2.05) is 0 Å². The van der Waals surface area contributed by atoms with Crippen molar-refractivity contribution >= 4 is 23.3 Å². The first-order chi connectivity index (χ1) is 11.2. The first kappa shape index (κ1) is 18.1. The van der Waals surface area contributed by atoms with E-state index in [0.717, 1.165) is 6.07 Å². The zero-order valence-electron chi connectivity index (χ0n) is 12.9. The molecule has 1 aromatic carbocycles. The highest BCUT2D eigenvalue weighted by Gasteiger charge is 2.32. The highest BCUT2D eigenvalue weighted by atomic mass is 35.5. The van der Waals surface area contributed by atoms with Gasteiger partial charge in [0.2, 0.25) is 0 Å². The van der Waals surface area contributed by atoms with E-state index in [4.69, 9.17) is 11.6 Å². The van der Waals surface area contributed by atoms with Gasteiger partial charge < -0.3 is 10.1 Å². The summed E-state index contributed by atoms with van der Waals surface area (Å²) in [5, 5.41) is 2.90. The molecule has 1 N–H and O–H groups in total. The van der Waals surface area contributed by atoms with E-state index in [0.29, 0.717) is 11.3 Å². The van der Waals surface area contributed by atoms with Gasteiger partial charge in [-0.1, -0.05) is 29.8 Å². The summed E-state index contributed by atoms with van der Waals surface area (Å²) < 4.78 is 43.7. The van der Waals surface area contributed by atoms with Gasteiger partial charge in [0.1, 0.15) is 5.15 Å². The van der Waals surface area contributed by atoms with Crippen LogP contribution in [0, 0.1) is 6.92 Å². The second kappa shape index (κ2) is 7.09. The van der Waals surface area contributed by atoms with Gasteiger partial charge in [0.15, 0.2) is 5.69 Å². The second-order valence-corrected chi connectivity index (χ2v) is 5.35. The van der Waals surface area contributed by atoms with Crippen molar-refractivity contribution in [1.82, 2.24) is 4.98 Å². The van der Waals surface area contributed by atoms with Crippen molar-refractivity contribution in [3.63, 3.8) is 0 Å². The van der Waals surface area contributed by atoms with Crippen molar-refractivity contribution in [2.24, 2.45) is 0 Å². The predicted molar refractivity (Wildman–Crippen MR) is 84.1 cm³/mol. The first-order valence-corrected chi connectivity index (χ1v) is 7.26. The third-order valence-corrected chi connectivity index (χ3v) is 3.61. The topological polar surface area (TPSA) is 51.2 Å². The minimum atomic E-state index is -4.44. The summed E-state index contributed by atoms with van der Waals surface area (Å²) in [4.78, 5) is 15.6. The van der Waals surface area contributed by atoms with E-state index < -0.39 is 17.7 Å². The number of hydrogen-bond donors (Lipinski definition) is 1. The Morgan fingerprint density at radius 1 is 1.33 bits per heavy atom. The predicted octanol–water partition coefficient (Wildman–Crippen LogP) is 4.46. The third kappa shape index (κ3) is 3.97. The number of benzene rings is 1. The van der Waals surface area contributed by atoms with Crippen LogP contribution in [0.2, 0.25) is 5.15 Å². The van der Waals surface area contributed by atoms with Crippen LogP contribution >= 0.6 is 11.6 Å². The number of nitrogens with zero attached hydrogens (tertiary/aromatic N) is 1. The fourth-order valence-corrected chi connectivity index (χ4v) is 2.39. The van der Waals surface area contributed by atoms with Gasteiger partial charge in [-0.05, 0) is 24.6 Å². The molecule has 0 saturated carbocycles. The molecule has 0 saturated heterocycles. The Morgan fingerprint density at radius 2 is 2.00 bits per heavy atom. The van der Waals surface area contributed by atoms with Gasteiger partial charge in [0, 0.05) is 17.8 Å². The molecule has 0 atom stereocenters. The summed E-state index contributed by atoms with van der Waals surface area (Å²) in [6.45, 7) is 1.52. The fraction of sp³-hybridized carbons (Fsp3) is 0.250. The number of halogens is 4. The van der Waals surface area contributed by atoms with Crippen LogP contribution in [0.5, 0.6) is 0 Å². The van der Waals surface area contributed by atoms with Crippen LogP contribution in [0.4, 0.5) is 18.9 Å². The average molecular weight is 359 g/mol. The summed E-state index contributed by atoms with van der Waals surface area (Å²) >= 11 is 5.87. The van der Waals surface area contributed by atoms with E-state index in [1.165, 1.54) is 31.4 Å². The molecule has 0 radical (unpaired) electrons. The molecule has 1 heterocycles. The number of aromatic nitrogens is 1. The molecule has 4 nitrogen and oxygen atoms in total. The number of pyridine rings is 1. The lowest BCUT2D eigenvalue weighted by Gasteiger charge is -2.16. The van der Waals surface area contributed by atoms with E-state index in [9.17, 15) is 18.0 Å². The fourth-order valence-electron chi connectivity index (χ4n) is 2.20. The normalized spacial score (nSPS) is 11.2. The first-order valence-electron chi connectivity index (χ1n) is 6.88. The van der Waals surface area contributed by atoms with Gasteiger partial charge in [-0.3, -0.25) is 0 Å². The lowest BCUT2D eigenvalue weighted by atomic mass is 10.1. The summed E-state index contributed by atoms with van der Waals surface area (Å²) in [6, 6.07) is 6.70. The number of anilines is 1. The van der Waals surface area contributed by atoms with Crippen LogP contribution in [-0.2, 0) is 17.5 Å². The van der Waals surface area contributed by atoms with Crippen LogP contribution < -0.4 is 5.32 Å². The van der Waals surface area contributed by atoms with Crippen LogP contribution in [-0.4, -0.2) is 18.1 Å². The van der Waals surface area contributed by atoms with Crippen molar-refractivity contribution in [2.75, 3.05) is 12.4 Å². The van der Waals surface area contributed by atoms with Crippen molar-refractivity contribution in [1.29, 1.82) is 0 Å². The summed E-state index contributed by atoms with van der Waals surface area (Å²) in [6.07, 6.45) is -4.44. The largest absolute Gasteiger partial charge is 0.464 e. The monoisotopic (exact) mass is 358 g/mol. The molecule has 0 aliphatic rings. The van der Waals surface area contributed by atoms with Crippen LogP contribution in [0.1, 0.15) is 27.2 Å². The van der Waals surface area contributed by atoms with Gasteiger partial charge in [0.25, 0.3) is 0 Å². The number of carbonyl (C=O) groups excluding carboxylic acids is 1. The maximum atomic E-state index is 13.0. The van der Waals surface area contributed by atoms with E-state index in [2.05, 4.69) is 15.0 Å². The molecule has 8 heteroatoms. The number of rotatable bonds is 4. The smallest absolute Gasteiger partial charge is 0.416 e. The Labute approximate surface area is 141 Å². The maximum absolute atomic E-state index is 13.0. The molecule has 128 valence electrons. The molecule has 24 heavy (non-hydrogen) atoms. The molecule has 2 rings (SSSR count). The van der Waals surface area contributed by atoms with Crippen LogP contribution in [0.25, 0.3) is 0 Å². The molecule has 2 aromatic rings. The molecule has 0 aliphatic heterocycles. The number of methoxy groups -OCH3 is 1. The molecule has 0 amide bonds. The summed E-state index contributed by atoms with van der Waals surface area (Å²) in [5.74, 6) is -0.672. The van der Waals surface area contributed by atoms with Crippen molar-refractivity contribution in [2.45, 2.75) is 19.6 Å². The zero-order valence-corrected chi connectivity index (χ0v) is 13.6. The molecule has 0 unspecified atom stereocenters. The summed E-state index contributed by atoms with van der Waals surface area (Å²) in [5.41, 5.74) is 0.222. The number of alkyl halides is 3. The lowest BCUT2D eigenvalue weighted by molar-refractivity contribution is -0.138. The Balaban J connectivity index is 2.31. The van der Waals surface area contributed by atoms with Gasteiger partial charge in [0.05, 0.1) is 12.7 Å². The van der Waals surface area contributed by atoms with Crippen LogP contribution in [0.3, 0.4) is 0 Å². The third-order valence-electron chi connectivity index (χ3n) is 3.41. The molecule has 0 bridgehead atoms. The van der Waals surface area contributed by atoms with E-state index in [1.54, 1.807) is 6.92 Å². The van der Waals surface area contributed by atoms with Gasteiger partial charge in [-0.15, -0.1) is 0 Å². The van der Waals surface area contributed by atoms with Gasteiger partial charge in [-0.2, -0.15) is 13.2 Å². The zero-order chi connectivity index (χ0) is 17.9. The number of carbonyl (C=O) groups is 1. The number of ether oxygens (including phenoxy) is 1.